The highest BCUT2D eigenvalue weighted by Crippen LogP contribution is 2.38. The molecule has 1 heterocycles. The van der Waals surface area contributed by atoms with E-state index in [1.165, 1.54) is 11.3 Å². The van der Waals surface area contributed by atoms with E-state index in [-0.39, 0.29) is 0 Å². The van der Waals surface area contributed by atoms with Crippen molar-refractivity contribution < 1.29 is 4.21 Å². The number of anilines is 2. The van der Waals surface area contributed by atoms with Gasteiger partial charge in [-0.3, -0.25) is 14.1 Å². The minimum atomic E-state index is -1.07. The molecule has 7 heteroatoms. The molecule has 0 aliphatic carbocycles. The van der Waals surface area contributed by atoms with Crippen molar-refractivity contribution in [2.75, 3.05) is 18.2 Å². The van der Waals surface area contributed by atoms with E-state index in [2.05, 4.69) is 4.99 Å². The minimum Gasteiger partial charge on any atom is -0.369 e. The van der Waals surface area contributed by atoms with Gasteiger partial charge in [-0.15, -0.1) is 11.3 Å². The van der Waals surface area contributed by atoms with Crippen molar-refractivity contribution in [1.29, 1.82) is 0 Å². The van der Waals surface area contributed by atoms with E-state index in [4.69, 9.17) is 17.3 Å². The van der Waals surface area contributed by atoms with E-state index in [0.29, 0.717) is 10.3 Å². The number of thiophene rings is 1. The first-order valence-corrected chi connectivity index (χ1v) is 8.91. The van der Waals surface area contributed by atoms with Crippen LogP contribution >= 0.6 is 22.9 Å². The quantitative estimate of drug-likeness (QED) is 0.686. The molecule has 0 aliphatic heterocycles. The summed E-state index contributed by atoms with van der Waals surface area (Å²) in [5.74, 6) is 0.328. The van der Waals surface area contributed by atoms with Crippen molar-refractivity contribution in [3.8, 4) is 0 Å². The second-order valence-corrected chi connectivity index (χ2v) is 7.62. The van der Waals surface area contributed by atoms with E-state index in [9.17, 15) is 4.21 Å². The van der Waals surface area contributed by atoms with Gasteiger partial charge in [-0.2, -0.15) is 0 Å². The van der Waals surface area contributed by atoms with Gasteiger partial charge in [-0.25, -0.2) is 0 Å². The van der Waals surface area contributed by atoms with Gasteiger partial charge in [-0.05, 0) is 31.2 Å². The average molecular weight is 342 g/mol. The number of hydrogen-bond donors (Lipinski definition) is 1. The summed E-state index contributed by atoms with van der Waals surface area (Å²) in [4.78, 5) is 7.63. The minimum absolute atomic E-state index is 0.328. The maximum atomic E-state index is 11.7. The van der Waals surface area contributed by atoms with E-state index >= 15 is 0 Å². The summed E-state index contributed by atoms with van der Waals surface area (Å²) < 4.78 is 12.3. The predicted molar refractivity (Wildman–Crippen MR) is 92.5 cm³/mol. The van der Waals surface area contributed by atoms with Crippen LogP contribution in [0.5, 0.6) is 0 Å². The number of nitrogens with two attached hydrogens (primary N) is 1. The molecule has 21 heavy (non-hydrogen) atoms. The average Bonchev–Trinajstić information content (AvgIpc) is 2.78. The molecule has 0 bridgehead atoms. The summed E-state index contributed by atoms with van der Waals surface area (Å²) in [5.41, 5.74) is 7.59. The molecule has 0 amide bonds. The first-order chi connectivity index (χ1) is 9.93. The number of aryl methyl sites for hydroxylation is 1. The van der Waals surface area contributed by atoms with E-state index in [1.54, 1.807) is 18.2 Å². The van der Waals surface area contributed by atoms with Crippen molar-refractivity contribution in [2.24, 2.45) is 10.7 Å². The Morgan fingerprint density at radius 2 is 2.14 bits per heavy atom. The molecule has 0 saturated heterocycles. The SMILES string of the molecule is CN=C(N)N(c1cccc(S(C)=O)c1)c1cc(C)sc1Cl. The Balaban J connectivity index is 2.59. The fourth-order valence-corrected chi connectivity index (χ4v) is 3.69. The Morgan fingerprint density at radius 1 is 1.43 bits per heavy atom. The molecule has 1 unspecified atom stereocenters. The van der Waals surface area contributed by atoms with Gasteiger partial charge < -0.3 is 5.73 Å². The van der Waals surface area contributed by atoms with Crippen molar-refractivity contribution in [1.82, 2.24) is 0 Å². The van der Waals surface area contributed by atoms with Gasteiger partial charge in [0, 0.05) is 33.9 Å². The summed E-state index contributed by atoms with van der Waals surface area (Å²) in [6.45, 7) is 1.98. The lowest BCUT2D eigenvalue weighted by Crippen LogP contribution is -2.33. The fourth-order valence-electron chi connectivity index (χ4n) is 1.92. The molecular weight excluding hydrogens is 326 g/mol. The zero-order valence-corrected chi connectivity index (χ0v) is 14.4. The molecule has 0 aliphatic rings. The maximum absolute atomic E-state index is 11.7. The fraction of sp³-hybridized carbons (Fsp3) is 0.214. The van der Waals surface area contributed by atoms with Crippen LogP contribution < -0.4 is 10.6 Å². The van der Waals surface area contributed by atoms with Crippen LogP contribution in [0.25, 0.3) is 0 Å². The summed E-state index contributed by atoms with van der Waals surface area (Å²) in [7, 11) is 0.557. The van der Waals surface area contributed by atoms with Gasteiger partial charge in [0.25, 0.3) is 0 Å². The van der Waals surface area contributed by atoms with Gasteiger partial charge in [0.15, 0.2) is 5.96 Å². The van der Waals surface area contributed by atoms with Gasteiger partial charge in [0.2, 0.25) is 0 Å². The molecule has 1 atom stereocenters. The zero-order chi connectivity index (χ0) is 15.6. The third-order valence-corrected chi connectivity index (χ3v) is 5.07. The Labute approximate surface area is 135 Å². The van der Waals surface area contributed by atoms with Crippen molar-refractivity contribution in [2.45, 2.75) is 11.8 Å². The molecule has 2 N–H and O–H groups in total. The molecular formula is C14H16ClN3OS2. The highest BCUT2D eigenvalue weighted by atomic mass is 35.5. The van der Waals surface area contributed by atoms with Crippen LogP contribution in [0.1, 0.15) is 4.88 Å². The third kappa shape index (κ3) is 3.45. The van der Waals surface area contributed by atoms with Crippen LogP contribution in [-0.4, -0.2) is 23.5 Å². The first-order valence-electron chi connectivity index (χ1n) is 6.16. The molecule has 1 aromatic heterocycles. The number of halogens is 1. The highest BCUT2D eigenvalue weighted by Gasteiger charge is 2.19. The van der Waals surface area contributed by atoms with Gasteiger partial charge in [0.05, 0.1) is 11.4 Å². The van der Waals surface area contributed by atoms with Crippen molar-refractivity contribution in [3.05, 3.63) is 39.5 Å². The van der Waals surface area contributed by atoms with E-state index in [0.717, 1.165) is 21.1 Å². The lowest BCUT2D eigenvalue weighted by molar-refractivity contribution is 0.687. The Kier molecular flexibility index (Phi) is 5.03. The summed E-state index contributed by atoms with van der Waals surface area (Å²) >= 11 is 7.78. The Morgan fingerprint density at radius 3 is 2.67 bits per heavy atom. The van der Waals surface area contributed by atoms with E-state index in [1.807, 2.05) is 37.3 Å². The number of guanidine groups is 1. The number of benzene rings is 1. The number of hydrogen-bond acceptors (Lipinski definition) is 3. The summed E-state index contributed by atoms with van der Waals surface area (Å²) in [6.07, 6.45) is 1.64. The predicted octanol–water partition coefficient (Wildman–Crippen LogP) is 3.53. The molecule has 4 nitrogen and oxygen atoms in total. The molecule has 0 radical (unpaired) electrons. The van der Waals surface area contributed by atoms with Crippen LogP contribution in [-0.2, 0) is 10.8 Å². The summed E-state index contributed by atoms with van der Waals surface area (Å²) in [5, 5.41) is 0. The molecule has 2 aromatic rings. The smallest absolute Gasteiger partial charge is 0.200 e. The van der Waals surface area contributed by atoms with Crippen molar-refractivity contribution in [3.63, 3.8) is 0 Å². The summed E-state index contributed by atoms with van der Waals surface area (Å²) in [6, 6.07) is 9.34. The first kappa shape index (κ1) is 16.0. The molecule has 0 saturated carbocycles. The molecule has 2 rings (SSSR count). The third-order valence-electron chi connectivity index (χ3n) is 2.90. The normalized spacial score (nSPS) is 13.2. The maximum Gasteiger partial charge on any atom is 0.200 e. The lowest BCUT2D eigenvalue weighted by Gasteiger charge is -2.23. The Bertz CT molecular complexity index is 712. The van der Waals surface area contributed by atoms with Gasteiger partial charge in [0.1, 0.15) is 4.34 Å². The van der Waals surface area contributed by atoms with Crippen LogP contribution in [0.2, 0.25) is 4.34 Å². The molecule has 0 fully saturated rings. The standard InChI is InChI=1S/C14H16ClN3OS2/c1-9-7-12(13(15)20-9)18(14(16)17-2)10-5-4-6-11(8-10)21(3)19/h4-8H,1-3H3,(H2,16,17). The number of rotatable bonds is 3. The van der Waals surface area contributed by atoms with Crippen molar-refractivity contribution >= 4 is 51.1 Å². The molecule has 0 spiro atoms. The van der Waals surface area contributed by atoms with Crippen LogP contribution in [0.3, 0.4) is 0 Å². The molecule has 1 aromatic carbocycles. The zero-order valence-electron chi connectivity index (χ0n) is 12.0. The van der Waals surface area contributed by atoms with Crippen LogP contribution in [0, 0.1) is 6.92 Å². The second kappa shape index (κ2) is 6.60. The Hall–Kier alpha value is -1.37. The monoisotopic (exact) mass is 341 g/mol. The van der Waals surface area contributed by atoms with Crippen LogP contribution in [0.15, 0.2) is 40.2 Å². The topological polar surface area (TPSA) is 58.7 Å². The highest BCUT2D eigenvalue weighted by molar-refractivity contribution is 7.84. The largest absolute Gasteiger partial charge is 0.369 e. The number of nitrogens with zero attached hydrogens (tertiary/aromatic N) is 2. The van der Waals surface area contributed by atoms with Gasteiger partial charge in [-0.1, -0.05) is 17.7 Å². The second-order valence-electron chi connectivity index (χ2n) is 4.38. The number of aliphatic imine (C=N–C) groups is 1. The van der Waals surface area contributed by atoms with Crippen LogP contribution in [0.4, 0.5) is 11.4 Å². The molecule has 112 valence electrons. The lowest BCUT2D eigenvalue weighted by atomic mass is 10.2. The van der Waals surface area contributed by atoms with Gasteiger partial charge >= 0.3 is 0 Å². The van der Waals surface area contributed by atoms with E-state index < -0.39 is 10.8 Å².